The maximum absolute atomic E-state index is 14.0. The molecule has 5 atom stereocenters. The second kappa shape index (κ2) is 11.0. The molecular formula is C32H50N4O6. The Morgan fingerprint density at radius 1 is 1.00 bits per heavy atom. The molecule has 1 heterocycles. The number of carbonyl (C=O) groups is 3. The zero-order chi connectivity index (χ0) is 31.5. The zero-order valence-electron chi connectivity index (χ0n) is 26.8. The van der Waals surface area contributed by atoms with Crippen molar-refractivity contribution in [2.24, 2.45) is 28.6 Å². The number of fused-ring (bicyclic) bond motifs is 1. The lowest BCUT2D eigenvalue weighted by atomic mass is 9.81. The highest BCUT2D eigenvalue weighted by Crippen LogP contribution is 2.65. The Labute approximate surface area is 249 Å². The standard InChI is InChI=1S/C32H50N4O6/c1-30(2,3)19(16-35(9)23-21(31(4,5)6)25(37)26(23)38)33-29(42)34-22(17-13-11-10-12-14-17)27(39)36-15-18-20(32(18,7)8)24(36)28(40)41/h17-20,22,24H,10-16H2,1-9H3,(H,40,41)(H2,33,34,42)/t18?,19-,20?,22+,24+/m1/s1. The van der Waals surface area contributed by atoms with Crippen LogP contribution in [0.25, 0.3) is 0 Å². The number of piperidine rings is 1. The molecule has 2 aliphatic carbocycles. The fourth-order valence-corrected chi connectivity index (χ4v) is 7.50. The lowest BCUT2D eigenvalue weighted by Gasteiger charge is -2.39. The first-order valence-corrected chi connectivity index (χ1v) is 15.4. The van der Waals surface area contributed by atoms with Crippen molar-refractivity contribution < 1.29 is 19.5 Å². The molecular weight excluding hydrogens is 536 g/mol. The van der Waals surface area contributed by atoms with E-state index in [1.165, 1.54) is 4.90 Å². The summed E-state index contributed by atoms with van der Waals surface area (Å²) < 4.78 is 0. The van der Waals surface area contributed by atoms with Crippen molar-refractivity contribution in [1.82, 2.24) is 15.5 Å². The number of carbonyl (C=O) groups excluding carboxylic acids is 2. The van der Waals surface area contributed by atoms with E-state index in [0.29, 0.717) is 24.3 Å². The van der Waals surface area contributed by atoms with Crippen molar-refractivity contribution in [3.63, 3.8) is 0 Å². The number of nitrogens with zero attached hydrogens (tertiary/aromatic N) is 2. The first-order valence-electron chi connectivity index (χ1n) is 15.4. The molecule has 10 nitrogen and oxygen atoms in total. The van der Waals surface area contributed by atoms with Gasteiger partial charge in [0, 0.05) is 31.6 Å². The summed E-state index contributed by atoms with van der Waals surface area (Å²) in [5.74, 6) is -1.29. The Morgan fingerprint density at radius 2 is 1.60 bits per heavy atom. The predicted molar refractivity (Wildman–Crippen MR) is 162 cm³/mol. The van der Waals surface area contributed by atoms with Gasteiger partial charge in [0.15, 0.2) is 0 Å². The van der Waals surface area contributed by atoms with Gasteiger partial charge in [-0.1, -0.05) is 74.7 Å². The van der Waals surface area contributed by atoms with Crippen LogP contribution in [-0.2, 0) is 15.0 Å². The predicted octanol–water partition coefficient (Wildman–Crippen LogP) is 3.25. The lowest BCUT2D eigenvalue weighted by molar-refractivity contribution is -0.151. The fraction of sp³-hybridized carbons (Fsp3) is 0.781. The third-order valence-electron chi connectivity index (χ3n) is 10.2. The topological polar surface area (TPSA) is 136 Å². The first kappa shape index (κ1) is 32.0. The number of likely N-dealkylation sites (N-methyl/N-ethyl adjacent to an activating group) is 1. The number of nitrogens with one attached hydrogen (secondary N) is 2. The van der Waals surface area contributed by atoms with Crippen molar-refractivity contribution in [2.45, 2.75) is 111 Å². The third kappa shape index (κ3) is 5.82. The Morgan fingerprint density at radius 3 is 2.12 bits per heavy atom. The van der Waals surface area contributed by atoms with Crippen LogP contribution in [0.3, 0.4) is 0 Å². The number of likely N-dealkylation sites (tertiary alicyclic amines) is 1. The molecule has 3 fully saturated rings. The van der Waals surface area contributed by atoms with Crippen molar-refractivity contribution in [3.05, 3.63) is 26.0 Å². The summed E-state index contributed by atoms with van der Waals surface area (Å²) in [7, 11) is 1.75. The molecule has 42 heavy (non-hydrogen) atoms. The van der Waals surface area contributed by atoms with E-state index in [1.807, 2.05) is 41.5 Å². The summed E-state index contributed by atoms with van der Waals surface area (Å²) >= 11 is 0. The van der Waals surface area contributed by atoms with Crippen LogP contribution in [0.1, 0.15) is 93.1 Å². The molecule has 234 valence electrons. The SMILES string of the molecule is CN(C[C@@H](NC(=O)N[C@H](C(=O)N1CC2C([C@H]1C(=O)O)C2(C)C)C1CCCCC1)C(C)(C)C)c1c(C(C)(C)C)c(=O)c1=O. The molecule has 1 saturated heterocycles. The number of carboxylic acids is 1. The fourth-order valence-electron chi connectivity index (χ4n) is 7.50. The normalized spacial score (nSPS) is 25.5. The highest BCUT2D eigenvalue weighted by molar-refractivity contribution is 5.91. The molecule has 1 aliphatic heterocycles. The van der Waals surface area contributed by atoms with Crippen molar-refractivity contribution >= 4 is 23.6 Å². The number of carboxylic acid groups (broad SMARTS) is 1. The summed E-state index contributed by atoms with van der Waals surface area (Å²) in [5.41, 5.74) is -1.09. The average Bonchev–Trinajstić information content (AvgIpc) is 3.21. The van der Waals surface area contributed by atoms with Crippen LogP contribution < -0.4 is 26.4 Å². The molecule has 3 amide bonds. The number of aliphatic carboxylic acids is 1. The molecule has 0 radical (unpaired) electrons. The van der Waals surface area contributed by atoms with Gasteiger partial charge < -0.3 is 25.5 Å². The van der Waals surface area contributed by atoms with Crippen LogP contribution >= 0.6 is 0 Å². The molecule has 2 saturated carbocycles. The first-order chi connectivity index (χ1) is 19.3. The third-order valence-corrected chi connectivity index (χ3v) is 10.2. The zero-order valence-corrected chi connectivity index (χ0v) is 26.8. The maximum Gasteiger partial charge on any atom is 0.326 e. The van der Waals surface area contributed by atoms with Gasteiger partial charge in [-0.15, -0.1) is 0 Å². The maximum atomic E-state index is 14.0. The largest absolute Gasteiger partial charge is 0.480 e. The molecule has 0 bridgehead atoms. The summed E-state index contributed by atoms with van der Waals surface area (Å²) in [6.07, 6.45) is 4.60. The molecule has 0 spiro atoms. The van der Waals surface area contributed by atoms with Crippen LogP contribution in [0.2, 0.25) is 0 Å². The Hall–Kier alpha value is -2.91. The average molecular weight is 587 g/mol. The lowest BCUT2D eigenvalue weighted by Crippen LogP contribution is -2.60. The van der Waals surface area contributed by atoms with Gasteiger partial charge in [-0.2, -0.15) is 0 Å². The van der Waals surface area contributed by atoms with Gasteiger partial charge in [-0.05, 0) is 40.9 Å². The number of anilines is 1. The summed E-state index contributed by atoms with van der Waals surface area (Å²) in [4.78, 5) is 68.0. The molecule has 1 aromatic rings. The molecule has 0 aromatic heterocycles. The summed E-state index contributed by atoms with van der Waals surface area (Å²) in [5, 5.41) is 16.1. The second-order valence-corrected chi connectivity index (χ2v) is 15.7. The molecule has 2 unspecified atom stereocenters. The van der Waals surface area contributed by atoms with Crippen molar-refractivity contribution in [2.75, 3.05) is 25.0 Å². The Kier molecular flexibility index (Phi) is 8.37. The number of hydrogen-bond donors (Lipinski definition) is 3. The number of hydrogen-bond acceptors (Lipinski definition) is 6. The van der Waals surface area contributed by atoms with Gasteiger partial charge in [0.05, 0.1) is 11.7 Å². The van der Waals surface area contributed by atoms with E-state index in [2.05, 4.69) is 24.5 Å². The van der Waals surface area contributed by atoms with Gasteiger partial charge in [0.2, 0.25) is 16.8 Å². The molecule has 3 N–H and O–H groups in total. The van der Waals surface area contributed by atoms with E-state index in [1.54, 1.807) is 11.9 Å². The van der Waals surface area contributed by atoms with E-state index < -0.39 is 51.8 Å². The van der Waals surface area contributed by atoms with Gasteiger partial charge in [0.25, 0.3) is 0 Å². The van der Waals surface area contributed by atoms with Crippen molar-refractivity contribution in [3.8, 4) is 0 Å². The monoisotopic (exact) mass is 586 g/mol. The minimum atomic E-state index is -0.989. The van der Waals surface area contributed by atoms with Crippen LogP contribution in [0, 0.1) is 28.6 Å². The smallest absolute Gasteiger partial charge is 0.326 e. The number of rotatable bonds is 8. The van der Waals surface area contributed by atoms with Gasteiger partial charge >= 0.3 is 12.0 Å². The van der Waals surface area contributed by atoms with E-state index >= 15 is 0 Å². The second-order valence-electron chi connectivity index (χ2n) is 15.7. The van der Waals surface area contributed by atoms with Crippen LogP contribution in [0.15, 0.2) is 9.59 Å². The van der Waals surface area contributed by atoms with E-state index in [9.17, 15) is 29.1 Å². The van der Waals surface area contributed by atoms with Gasteiger partial charge in [-0.25, -0.2) is 9.59 Å². The molecule has 1 aromatic carbocycles. The quantitative estimate of drug-likeness (QED) is 0.398. The highest BCUT2D eigenvalue weighted by atomic mass is 16.4. The number of amides is 3. The van der Waals surface area contributed by atoms with E-state index in [4.69, 9.17) is 0 Å². The Bertz CT molecular complexity index is 1290. The van der Waals surface area contributed by atoms with Crippen LogP contribution in [-0.4, -0.2) is 66.2 Å². The van der Waals surface area contributed by atoms with E-state index in [0.717, 1.165) is 32.1 Å². The van der Waals surface area contributed by atoms with Crippen molar-refractivity contribution in [1.29, 1.82) is 0 Å². The van der Waals surface area contributed by atoms with Crippen LogP contribution in [0.4, 0.5) is 10.5 Å². The van der Waals surface area contributed by atoms with E-state index in [-0.39, 0.29) is 29.1 Å². The number of urea groups is 1. The Balaban J connectivity index is 1.52. The van der Waals surface area contributed by atoms with Gasteiger partial charge in [0.1, 0.15) is 12.1 Å². The molecule has 4 rings (SSSR count). The summed E-state index contributed by atoms with van der Waals surface area (Å²) in [6.45, 7) is 16.4. The summed E-state index contributed by atoms with van der Waals surface area (Å²) in [6, 6.07) is -2.61. The van der Waals surface area contributed by atoms with Gasteiger partial charge in [-0.3, -0.25) is 14.4 Å². The van der Waals surface area contributed by atoms with Crippen LogP contribution in [0.5, 0.6) is 0 Å². The molecule has 10 heteroatoms. The minimum Gasteiger partial charge on any atom is -0.480 e. The highest BCUT2D eigenvalue weighted by Gasteiger charge is 2.70. The minimum absolute atomic E-state index is 0.0646. The molecule has 3 aliphatic rings.